The number of hydrogen-bond acceptors (Lipinski definition) is 0. The number of halogens is 1. The second-order valence-electron chi connectivity index (χ2n) is 0. The van der Waals surface area contributed by atoms with E-state index in [0.29, 0.717) is 0 Å². The average Bonchev–Trinajstić information content (AvgIpc) is 1.00. The van der Waals surface area contributed by atoms with Crippen LogP contribution in [0.3, 0.4) is 0 Å². The van der Waals surface area contributed by atoms with E-state index in [1.54, 1.807) is 0 Å². The van der Waals surface area contributed by atoms with E-state index in [-0.39, 0.29) is 16.4 Å². The minimum atomic E-state index is 0. The third-order valence-corrected chi connectivity index (χ3v) is 0. The fourth-order valence-corrected chi connectivity index (χ4v) is 0. The van der Waals surface area contributed by atoms with Crippen LogP contribution in [0.2, 0.25) is 0 Å². The average molecular weight is 148 g/mol. The molecule has 0 bridgehead atoms. The van der Waals surface area contributed by atoms with Gasteiger partial charge in [-0.25, -0.2) is 0 Å². The molecular formula is H6ClNiO3. The molecule has 0 aliphatic carbocycles. The molecule has 0 aromatic heterocycles. The van der Waals surface area contributed by atoms with Crippen LogP contribution in [0, 0.1) is 0 Å². The van der Waals surface area contributed by atoms with Gasteiger partial charge < -0.3 is 16.4 Å². The molecule has 0 unspecified atom stereocenters. The number of rotatable bonds is 0. The molecular weight excluding hydrogens is 142 g/mol. The van der Waals surface area contributed by atoms with Crippen LogP contribution in [0.25, 0.3) is 0 Å². The maximum absolute atomic E-state index is 4.26. The first kappa shape index (κ1) is 44.5. The van der Waals surface area contributed by atoms with E-state index in [1.807, 2.05) is 0 Å². The van der Waals surface area contributed by atoms with E-state index in [9.17, 15) is 0 Å². The predicted octanol–water partition coefficient (Wildman–Crippen LogP) is -1.79. The summed E-state index contributed by atoms with van der Waals surface area (Å²) in [7, 11) is 4.26. The molecule has 0 aliphatic rings. The molecule has 0 saturated carbocycles. The van der Waals surface area contributed by atoms with Crippen molar-refractivity contribution in [1.29, 1.82) is 0 Å². The zero-order valence-electron chi connectivity index (χ0n) is 2.19. The summed E-state index contributed by atoms with van der Waals surface area (Å²) in [6.07, 6.45) is 0. The van der Waals surface area contributed by atoms with Gasteiger partial charge in [-0.05, 0) is 0 Å². The summed E-state index contributed by atoms with van der Waals surface area (Å²) < 4.78 is 0. The predicted molar refractivity (Wildman–Crippen MR) is 16.7 cm³/mol. The summed E-state index contributed by atoms with van der Waals surface area (Å²) in [5.41, 5.74) is 0. The molecule has 0 spiro atoms. The van der Waals surface area contributed by atoms with Gasteiger partial charge in [0.05, 0.1) is 0 Å². The molecule has 0 aromatic rings. The van der Waals surface area contributed by atoms with E-state index in [2.05, 4.69) is 24.8 Å². The van der Waals surface area contributed by atoms with Crippen molar-refractivity contribution in [2.75, 3.05) is 0 Å². The third-order valence-electron chi connectivity index (χ3n) is 0. The molecule has 0 radical (unpaired) electrons. The first-order valence-electron chi connectivity index (χ1n) is 0.120. The second kappa shape index (κ2) is 142. The van der Waals surface area contributed by atoms with Crippen LogP contribution >= 0.6 is 10.2 Å². The van der Waals surface area contributed by atoms with Crippen molar-refractivity contribution in [3.05, 3.63) is 0 Å². The van der Waals surface area contributed by atoms with Crippen molar-refractivity contribution >= 4 is 10.2 Å². The van der Waals surface area contributed by atoms with E-state index in [1.165, 1.54) is 0 Å². The standard InChI is InChI=1S/ClH.Ni.3H2O/h1H;;3*1H2/q;+1;;;/p-1. The Balaban J connectivity index is -0.00000000167. The minimum absolute atomic E-state index is 0. The summed E-state index contributed by atoms with van der Waals surface area (Å²) in [5, 5.41) is 0. The molecule has 0 aromatic carbocycles. The van der Waals surface area contributed by atoms with Crippen molar-refractivity contribution in [3.8, 4) is 0 Å². The van der Waals surface area contributed by atoms with E-state index in [4.69, 9.17) is 0 Å². The molecule has 0 aliphatic heterocycles. The van der Waals surface area contributed by atoms with Gasteiger partial charge >= 0.3 is 24.8 Å². The van der Waals surface area contributed by atoms with E-state index < -0.39 is 0 Å². The number of hydrogen-bond donors (Lipinski definition) is 0. The van der Waals surface area contributed by atoms with Gasteiger partial charge in [-0.15, -0.1) is 0 Å². The molecule has 0 atom stereocenters. The fourth-order valence-electron chi connectivity index (χ4n) is 0. The summed E-state index contributed by atoms with van der Waals surface area (Å²) in [6, 6.07) is 0. The topological polar surface area (TPSA) is 94.5 Å². The molecule has 5 heteroatoms. The Morgan fingerprint density at radius 1 is 0.800 bits per heavy atom. The molecule has 6 N–H and O–H groups in total. The molecule has 41 valence electrons. The van der Waals surface area contributed by atoms with Crippen LogP contribution in [0.1, 0.15) is 0 Å². The Bertz CT molecular complexity index is 6.85. The Hall–Kier alpha value is 0.664. The van der Waals surface area contributed by atoms with Crippen LogP contribution in [0.15, 0.2) is 0 Å². The fraction of sp³-hybridized carbons (Fsp3) is 0. The second-order valence-corrected chi connectivity index (χ2v) is 0. The van der Waals surface area contributed by atoms with Crippen molar-refractivity contribution in [1.82, 2.24) is 0 Å². The molecule has 0 rings (SSSR count). The van der Waals surface area contributed by atoms with Gasteiger partial charge in [0.2, 0.25) is 0 Å². The Kier molecular flexibility index (Phi) is 1270. The van der Waals surface area contributed by atoms with Gasteiger partial charge in [0, 0.05) is 0 Å². The van der Waals surface area contributed by atoms with Gasteiger partial charge in [-0.1, -0.05) is 0 Å². The van der Waals surface area contributed by atoms with Crippen LogP contribution < -0.4 is 0 Å². The van der Waals surface area contributed by atoms with Crippen molar-refractivity contribution in [3.63, 3.8) is 0 Å². The summed E-state index contributed by atoms with van der Waals surface area (Å²) >= 11 is 3.35. The third kappa shape index (κ3) is 75.2. The van der Waals surface area contributed by atoms with Crippen molar-refractivity contribution in [2.45, 2.75) is 0 Å². The maximum atomic E-state index is 4.26. The van der Waals surface area contributed by atoms with Crippen molar-refractivity contribution in [2.24, 2.45) is 0 Å². The first-order valence-corrected chi connectivity index (χ1v) is 1.48. The van der Waals surface area contributed by atoms with Gasteiger partial charge in [0.1, 0.15) is 0 Å². The molecule has 0 fully saturated rings. The van der Waals surface area contributed by atoms with E-state index >= 15 is 0 Å². The summed E-state index contributed by atoms with van der Waals surface area (Å²) in [6.45, 7) is 0. The van der Waals surface area contributed by atoms with Gasteiger partial charge in [0.15, 0.2) is 0 Å². The van der Waals surface area contributed by atoms with Crippen LogP contribution in [-0.4, -0.2) is 16.4 Å². The normalized spacial score (nSPS) is 1.40. The first-order chi connectivity index (χ1) is 1.00. The van der Waals surface area contributed by atoms with Crippen LogP contribution in [-0.2, 0) is 14.6 Å². The molecule has 3 nitrogen and oxygen atoms in total. The molecule has 0 saturated heterocycles. The van der Waals surface area contributed by atoms with Crippen molar-refractivity contribution < 1.29 is 31.0 Å². The van der Waals surface area contributed by atoms with E-state index in [0.717, 1.165) is 0 Å². The molecule has 0 heterocycles. The monoisotopic (exact) mass is 147 g/mol. The molecule has 0 amide bonds. The Morgan fingerprint density at radius 2 is 0.800 bits per heavy atom. The van der Waals surface area contributed by atoms with Gasteiger partial charge in [-0.3, -0.25) is 0 Å². The zero-order valence-corrected chi connectivity index (χ0v) is 3.94. The molecule has 5 heavy (non-hydrogen) atoms. The van der Waals surface area contributed by atoms with Crippen LogP contribution in [0.4, 0.5) is 0 Å². The Morgan fingerprint density at radius 3 is 0.800 bits per heavy atom. The zero-order chi connectivity index (χ0) is 2.00. The summed E-state index contributed by atoms with van der Waals surface area (Å²) in [5.74, 6) is 0. The van der Waals surface area contributed by atoms with Crippen LogP contribution in [0.5, 0.6) is 0 Å². The quantitative estimate of drug-likeness (QED) is 0.363. The summed E-state index contributed by atoms with van der Waals surface area (Å²) in [4.78, 5) is 0. The van der Waals surface area contributed by atoms with Gasteiger partial charge in [0.25, 0.3) is 0 Å². The Labute approximate surface area is 41.9 Å². The SMILES string of the molecule is O.O.O.[Cl][Ni]. The van der Waals surface area contributed by atoms with Gasteiger partial charge in [-0.2, -0.15) is 0 Å².